The fourth-order valence-electron chi connectivity index (χ4n) is 3.30. The van der Waals surface area contributed by atoms with Crippen molar-refractivity contribution in [2.75, 3.05) is 23.9 Å². The quantitative estimate of drug-likeness (QED) is 0.277. The van der Waals surface area contributed by atoms with Crippen LogP contribution in [-0.4, -0.2) is 30.8 Å². The molecule has 3 aromatic rings. The number of carbonyl (C=O) groups is 1. The van der Waals surface area contributed by atoms with Gasteiger partial charge < -0.3 is 4.90 Å². The maximum absolute atomic E-state index is 13.3. The number of amidine groups is 1. The Morgan fingerprint density at radius 1 is 0.969 bits per heavy atom. The van der Waals surface area contributed by atoms with Crippen molar-refractivity contribution in [3.8, 4) is 0 Å². The molecule has 0 saturated heterocycles. The number of rotatable bonds is 5. The molecule has 0 spiro atoms. The molecule has 7 nitrogen and oxygen atoms in total. The lowest BCUT2D eigenvalue weighted by atomic mass is 10.1. The lowest BCUT2D eigenvalue weighted by Crippen LogP contribution is -2.32. The Labute approximate surface area is 193 Å². The number of hydrogen-bond acceptors (Lipinski definition) is 5. The van der Waals surface area contributed by atoms with E-state index in [4.69, 9.17) is 0 Å². The summed E-state index contributed by atoms with van der Waals surface area (Å²) in [7, 11) is 3.93. The summed E-state index contributed by atoms with van der Waals surface area (Å²) in [5.41, 5.74) is 3.43. The molecule has 0 N–H and O–H groups in total. The van der Waals surface area contributed by atoms with E-state index in [2.05, 4.69) is 20.9 Å². The molecule has 1 aliphatic heterocycles. The number of nitro groups is 1. The fraction of sp³-hybridized carbons (Fsp3) is 0.0833. The highest BCUT2D eigenvalue weighted by atomic mass is 79.9. The van der Waals surface area contributed by atoms with E-state index in [1.54, 1.807) is 18.2 Å². The minimum absolute atomic E-state index is 0.0226. The van der Waals surface area contributed by atoms with Crippen LogP contribution in [0.5, 0.6) is 0 Å². The summed E-state index contributed by atoms with van der Waals surface area (Å²) in [6.45, 7) is 0. The van der Waals surface area contributed by atoms with Crippen molar-refractivity contribution in [2.45, 2.75) is 0 Å². The smallest absolute Gasteiger partial charge is 0.282 e. The first kappa shape index (κ1) is 21.5. The Balaban J connectivity index is 1.77. The van der Waals surface area contributed by atoms with Crippen LogP contribution in [0.1, 0.15) is 11.1 Å². The monoisotopic (exact) mass is 490 g/mol. The highest BCUT2D eigenvalue weighted by Gasteiger charge is 2.32. The van der Waals surface area contributed by atoms with E-state index in [1.807, 2.05) is 67.5 Å². The van der Waals surface area contributed by atoms with Crippen molar-refractivity contribution < 1.29 is 9.72 Å². The molecule has 0 unspecified atom stereocenters. The van der Waals surface area contributed by atoms with Crippen molar-refractivity contribution >= 4 is 50.8 Å². The lowest BCUT2D eigenvalue weighted by Gasteiger charge is -2.18. The van der Waals surface area contributed by atoms with Crippen molar-refractivity contribution in [1.29, 1.82) is 0 Å². The molecule has 32 heavy (non-hydrogen) atoms. The molecule has 1 heterocycles. The second kappa shape index (κ2) is 8.76. The van der Waals surface area contributed by atoms with Gasteiger partial charge in [-0.15, -0.1) is 0 Å². The van der Waals surface area contributed by atoms with E-state index in [9.17, 15) is 14.9 Å². The van der Waals surface area contributed by atoms with Crippen molar-refractivity contribution in [1.82, 2.24) is 0 Å². The number of benzene rings is 3. The summed E-state index contributed by atoms with van der Waals surface area (Å²) in [5.74, 6) is 0.153. The number of amides is 1. The Bertz CT molecular complexity index is 1230. The average molecular weight is 491 g/mol. The molecule has 1 amide bonds. The van der Waals surface area contributed by atoms with Crippen molar-refractivity contribution in [3.63, 3.8) is 0 Å². The number of halogens is 1. The van der Waals surface area contributed by atoms with Gasteiger partial charge in [0.05, 0.1) is 10.6 Å². The molecule has 160 valence electrons. The van der Waals surface area contributed by atoms with Gasteiger partial charge in [-0.1, -0.05) is 28.1 Å². The average Bonchev–Trinajstić information content (AvgIpc) is 3.10. The normalized spacial score (nSPS) is 14.6. The number of nitrogens with zero attached hydrogens (tertiary/aromatic N) is 4. The van der Waals surface area contributed by atoms with Crippen molar-refractivity contribution in [3.05, 3.63) is 104 Å². The predicted octanol–water partition coefficient (Wildman–Crippen LogP) is 5.26. The Hall–Kier alpha value is -3.78. The van der Waals surface area contributed by atoms with E-state index in [0.717, 1.165) is 15.7 Å². The molecule has 3 aromatic carbocycles. The number of carbonyl (C=O) groups excluding carboxylic acids is 1. The van der Waals surface area contributed by atoms with Gasteiger partial charge >= 0.3 is 0 Å². The Morgan fingerprint density at radius 3 is 2.16 bits per heavy atom. The first-order chi connectivity index (χ1) is 15.3. The van der Waals surface area contributed by atoms with Gasteiger partial charge in [0.15, 0.2) is 0 Å². The summed E-state index contributed by atoms with van der Waals surface area (Å²) in [5, 5.41) is 11.0. The van der Waals surface area contributed by atoms with Crippen LogP contribution >= 0.6 is 15.9 Å². The number of nitro benzene ring substituents is 1. The van der Waals surface area contributed by atoms with Crippen LogP contribution in [-0.2, 0) is 4.79 Å². The minimum Gasteiger partial charge on any atom is -0.378 e. The number of anilines is 2. The molecule has 0 radical (unpaired) electrons. The van der Waals surface area contributed by atoms with Crippen LogP contribution in [0.15, 0.2) is 88.0 Å². The Kier molecular flexibility index (Phi) is 5.87. The topological polar surface area (TPSA) is 79.0 Å². The number of non-ortho nitro benzene ring substituents is 1. The predicted molar refractivity (Wildman–Crippen MR) is 130 cm³/mol. The summed E-state index contributed by atoms with van der Waals surface area (Å²) in [6, 6.07) is 21.1. The van der Waals surface area contributed by atoms with Crippen LogP contribution in [0.3, 0.4) is 0 Å². The third kappa shape index (κ3) is 4.31. The van der Waals surface area contributed by atoms with E-state index >= 15 is 0 Å². The number of hydrogen-bond donors (Lipinski definition) is 0. The van der Waals surface area contributed by atoms with Gasteiger partial charge in [-0.25, -0.2) is 4.99 Å². The first-order valence-corrected chi connectivity index (χ1v) is 10.6. The van der Waals surface area contributed by atoms with Crippen LogP contribution in [0.2, 0.25) is 0 Å². The van der Waals surface area contributed by atoms with E-state index < -0.39 is 4.92 Å². The van der Waals surface area contributed by atoms with Crippen molar-refractivity contribution in [2.24, 2.45) is 4.99 Å². The molecule has 0 aliphatic carbocycles. The third-order valence-corrected chi connectivity index (χ3v) is 5.52. The lowest BCUT2D eigenvalue weighted by molar-refractivity contribution is -0.384. The van der Waals surface area contributed by atoms with E-state index in [1.165, 1.54) is 17.0 Å². The second-order valence-electron chi connectivity index (χ2n) is 7.37. The molecule has 0 fully saturated rings. The zero-order valence-electron chi connectivity index (χ0n) is 17.4. The highest BCUT2D eigenvalue weighted by Crippen LogP contribution is 2.29. The standard InChI is InChI=1S/C24H19BrN4O3/c1-27(2)19-9-3-16(4-10-19)15-22-24(30)28(20-13-7-18(25)8-14-20)23(26-22)17-5-11-21(12-6-17)29(31)32/h3-15H,1-2H3/b22-15-. The summed E-state index contributed by atoms with van der Waals surface area (Å²) in [6.07, 6.45) is 1.74. The third-order valence-electron chi connectivity index (χ3n) is 4.99. The van der Waals surface area contributed by atoms with Gasteiger partial charge in [0.2, 0.25) is 0 Å². The fourth-order valence-corrected chi connectivity index (χ4v) is 3.56. The van der Waals surface area contributed by atoms with Gasteiger partial charge in [0, 0.05) is 42.0 Å². The van der Waals surface area contributed by atoms with Crippen LogP contribution in [0.4, 0.5) is 17.1 Å². The minimum atomic E-state index is -0.458. The summed E-state index contributed by atoms with van der Waals surface area (Å²) in [4.78, 5) is 32.0. The molecule has 1 aliphatic rings. The van der Waals surface area contributed by atoms with Gasteiger partial charge in [0.25, 0.3) is 11.6 Å². The van der Waals surface area contributed by atoms with Gasteiger partial charge in [0.1, 0.15) is 11.5 Å². The molecule has 0 aromatic heterocycles. The second-order valence-corrected chi connectivity index (χ2v) is 8.29. The molecule has 8 heteroatoms. The first-order valence-electron chi connectivity index (χ1n) is 9.76. The molecular formula is C24H19BrN4O3. The molecule has 0 saturated carbocycles. The molecular weight excluding hydrogens is 472 g/mol. The van der Waals surface area contributed by atoms with Gasteiger partial charge in [-0.2, -0.15) is 0 Å². The molecule has 0 atom stereocenters. The Morgan fingerprint density at radius 2 is 1.59 bits per heavy atom. The maximum Gasteiger partial charge on any atom is 0.282 e. The van der Waals surface area contributed by atoms with Crippen LogP contribution in [0.25, 0.3) is 6.08 Å². The van der Waals surface area contributed by atoms with Crippen LogP contribution in [0, 0.1) is 10.1 Å². The largest absolute Gasteiger partial charge is 0.378 e. The zero-order chi connectivity index (χ0) is 22.8. The van der Waals surface area contributed by atoms with Crippen LogP contribution < -0.4 is 9.80 Å². The highest BCUT2D eigenvalue weighted by molar-refractivity contribution is 9.10. The summed E-state index contributed by atoms with van der Waals surface area (Å²) >= 11 is 3.41. The molecule has 0 bridgehead atoms. The van der Waals surface area contributed by atoms with Gasteiger partial charge in [-0.05, 0) is 60.2 Å². The maximum atomic E-state index is 13.3. The summed E-state index contributed by atoms with van der Waals surface area (Å²) < 4.78 is 0.887. The number of aliphatic imine (C=N–C) groups is 1. The van der Waals surface area contributed by atoms with E-state index in [-0.39, 0.29) is 11.6 Å². The SMILES string of the molecule is CN(C)c1ccc(/C=C2\N=C(c3ccc([N+](=O)[O-])cc3)N(c3ccc(Br)cc3)C2=O)cc1. The molecule has 4 rings (SSSR count). The van der Waals surface area contributed by atoms with Gasteiger partial charge in [-0.3, -0.25) is 19.8 Å². The van der Waals surface area contributed by atoms with E-state index in [0.29, 0.717) is 22.8 Å². The zero-order valence-corrected chi connectivity index (χ0v) is 19.0.